The van der Waals surface area contributed by atoms with Gasteiger partial charge in [-0.2, -0.15) is 0 Å². The molecule has 0 aliphatic carbocycles. The van der Waals surface area contributed by atoms with E-state index < -0.39 is 0 Å². The summed E-state index contributed by atoms with van der Waals surface area (Å²) in [5.74, 6) is 1.82. The first-order valence-electron chi connectivity index (χ1n) is 8.42. The molecule has 19 heavy (non-hydrogen) atoms. The first-order chi connectivity index (χ1) is 9.20. The lowest BCUT2D eigenvalue weighted by atomic mass is 9.87. The number of hydrogen-bond donors (Lipinski definition) is 0. The van der Waals surface area contributed by atoms with Gasteiger partial charge in [0.05, 0.1) is 0 Å². The molecule has 0 aromatic carbocycles. The summed E-state index contributed by atoms with van der Waals surface area (Å²) >= 11 is 0. The molecule has 0 spiro atoms. The third kappa shape index (κ3) is 13.7. The molecule has 0 aromatic rings. The van der Waals surface area contributed by atoms with E-state index in [9.17, 15) is 0 Å². The second-order valence-electron chi connectivity index (χ2n) is 6.35. The fraction of sp³-hybridized carbons (Fsp3) is 0.789. The van der Waals surface area contributed by atoms with Crippen molar-refractivity contribution >= 4 is 0 Å². The molecule has 0 aliphatic heterocycles. The van der Waals surface area contributed by atoms with Crippen LogP contribution >= 0.6 is 0 Å². The van der Waals surface area contributed by atoms with Gasteiger partial charge in [0, 0.05) is 0 Å². The molecule has 0 heterocycles. The van der Waals surface area contributed by atoms with E-state index in [0.717, 1.165) is 11.8 Å². The Balaban J connectivity index is 3.68. The first-order valence-corrected chi connectivity index (χ1v) is 8.42. The molecule has 0 nitrogen and oxygen atoms in total. The Kier molecular flexibility index (Phi) is 13.5. The number of hydrogen-bond acceptors (Lipinski definition) is 0. The maximum Gasteiger partial charge on any atom is -0.0353 e. The van der Waals surface area contributed by atoms with Crippen LogP contribution in [0.1, 0.15) is 84.5 Å². The molecule has 0 fully saturated rings. The lowest BCUT2D eigenvalue weighted by Crippen LogP contribution is -2.05. The quantitative estimate of drug-likeness (QED) is 0.236. The van der Waals surface area contributed by atoms with Gasteiger partial charge in [-0.3, -0.25) is 0 Å². The summed E-state index contributed by atoms with van der Waals surface area (Å²) < 4.78 is 0. The van der Waals surface area contributed by atoms with Crippen molar-refractivity contribution in [1.82, 2.24) is 0 Å². The van der Waals surface area contributed by atoms with E-state index in [2.05, 4.69) is 27.0 Å². The van der Waals surface area contributed by atoms with E-state index in [4.69, 9.17) is 0 Å². The van der Waals surface area contributed by atoms with Gasteiger partial charge < -0.3 is 0 Å². The molecule has 112 valence electrons. The minimum Gasteiger partial charge on any atom is -0.103 e. The maximum absolute atomic E-state index is 3.79. The van der Waals surface area contributed by atoms with Gasteiger partial charge in [0.2, 0.25) is 0 Å². The van der Waals surface area contributed by atoms with Crippen LogP contribution in [0.4, 0.5) is 0 Å². The summed E-state index contributed by atoms with van der Waals surface area (Å²) in [5.41, 5.74) is 0. The zero-order chi connectivity index (χ0) is 14.3. The van der Waals surface area contributed by atoms with Crippen LogP contribution in [0.25, 0.3) is 0 Å². The zero-order valence-corrected chi connectivity index (χ0v) is 13.5. The minimum atomic E-state index is 0.853. The normalized spacial score (nSPS) is 11.2. The van der Waals surface area contributed by atoms with Gasteiger partial charge in [-0.25, -0.2) is 0 Å². The SMILES string of the molecule is C=CCCCCCC(CCCCCC=C)CC(C)C. The van der Waals surface area contributed by atoms with Crippen molar-refractivity contribution in [2.24, 2.45) is 11.8 Å². The molecule has 0 aliphatic rings. The lowest BCUT2D eigenvalue weighted by Gasteiger charge is -2.19. The van der Waals surface area contributed by atoms with E-state index in [1.54, 1.807) is 0 Å². The van der Waals surface area contributed by atoms with Crippen molar-refractivity contribution in [3.63, 3.8) is 0 Å². The highest BCUT2D eigenvalue weighted by atomic mass is 14.2. The van der Waals surface area contributed by atoms with Crippen LogP contribution in [0.3, 0.4) is 0 Å². The van der Waals surface area contributed by atoms with E-state index in [0.29, 0.717) is 0 Å². The van der Waals surface area contributed by atoms with Crippen LogP contribution in [-0.4, -0.2) is 0 Å². The van der Waals surface area contributed by atoms with Gasteiger partial charge in [0.15, 0.2) is 0 Å². The Morgan fingerprint density at radius 1 is 0.737 bits per heavy atom. The topological polar surface area (TPSA) is 0 Å². The molecule has 0 unspecified atom stereocenters. The van der Waals surface area contributed by atoms with Gasteiger partial charge in [-0.1, -0.05) is 64.5 Å². The molecule has 0 amide bonds. The Morgan fingerprint density at radius 3 is 1.58 bits per heavy atom. The first kappa shape index (κ1) is 18.5. The number of unbranched alkanes of at least 4 members (excludes halogenated alkanes) is 6. The van der Waals surface area contributed by atoms with Gasteiger partial charge in [-0.15, -0.1) is 13.2 Å². The second kappa shape index (κ2) is 13.9. The van der Waals surface area contributed by atoms with E-state index in [-0.39, 0.29) is 0 Å². The van der Waals surface area contributed by atoms with Crippen molar-refractivity contribution in [1.29, 1.82) is 0 Å². The van der Waals surface area contributed by atoms with Crippen LogP contribution in [-0.2, 0) is 0 Å². The van der Waals surface area contributed by atoms with Crippen LogP contribution in [0.5, 0.6) is 0 Å². The summed E-state index contributed by atoms with van der Waals surface area (Å²) in [4.78, 5) is 0. The fourth-order valence-electron chi connectivity index (χ4n) is 2.84. The summed E-state index contributed by atoms with van der Waals surface area (Å²) in [6.07, 6.45) is 19.0. The highest BCUT2D eigenvalue weighted by Gasteiger charge is 2.10. The summed E-state index contributed by atoms with van der Waals surface area (Å²) in [7, 11) is 0. The number of allylic oxidation sites excluding steroid dienone is 2. The Hall–Kier alpha value is -0.520. The fourth-order valence-corrected chi connectivity index (χ4v) is 2.84. The highest BCUT2D eigenvalue weighted by Crippen LogP contribution is 2.24. The molecule has 0 saturated carbocycles. The van der Waals surface area contributed by atoms with Crippen LogP contribution < -0.4 is 0 Å². The van der Waals surface area contributed by atoms with Crippen molar-refractivity contribution < 1.29 is 0 Å². The van der Waals surface area contributed by atoms with Gasteiger partial charge in [-0.05, 0) is 43.9 Å². The van der Waals surface area contributed by atoms with E-state index in [1.807, 2.05) is 12.2 Å². The molecular weight excluding hydrogens is 228 g/mol. The molecule has 0 rings (SSSR count). The minimum absolute atomic E-state index is 0.853. The van der Waals surface area contributed by atoms with E-state index in [1.165, 1.54) is 70.6 Å². The Morgan fingerprint density at radius 2 is 1.21 bits per heavy atom. The van der Waals surface area contributed by atoms with Gasteiger partial charge in [0.25, 0.3) is 0 Å². The molecule has 0 bridgehead atoms. The Bertz CT molecular complexity index is 184. The van der Waals surface area contributed by atoms with Crippen molar-refractivity contribution in [3.8, 4) is 0 Å². The average Bonchev–Trinajstić information content (AvgIpc) is 2.37. The van der Waals surface area contributed by atoms with Gasteiger partial charge >= 0.3 is 0 Å². The highest BCUT2D eigenvalue weighted by molar-refractivity contribution is 4.68. The van der Waals surface area contributed by atoms with Crippen LogP contribution in [0.2, 0.25) is 0 Å². The molecule has 0 atom stereocenters. The Labute approximate surface area is 122 Å². The smallest absolute Gasteiger partial charge is 0.0353 e. The summed E-state index contributed by atoms with van der Waals surface area (Å²) in [6, 6.07) is 0. The molecule has 0 aromatic heterocycles. The molecule has 0 N–H and O–H groups in total. The molecule has 0 heteroatoms. The number of rotatable bonds is 14. The van der Waals surface area contributed by atoms with Gasteiger partial charge in [0.1, 0.15) is 0 Å². The summed E-state index contributed by atoms with van der Waals surface area (Å²) in [6.45, 7) is 12.3. The molecule has 0 radical (unpaired) electrons. The maximum atomic E-state index is 3.79. The average molecular weight is 264 g/mol. The third-order valence-corrected chi connectivity index (χ3v) is 3.85. The van der Waals surface area contributed by atoms with Crippen LogP contribution in [0.15, 0.2) is 25.3 Å². The largest absolute Gasteiger partial charge is 0.103 e. The van der Waals surface area contributed by atoms with Crippen molar-refractivity contribution in [2.45, 2.75) is 84.5 Å². The van der Waals surface area contributed by atoms with E-state index >= 15 is 0 Å². The molecule has 0 saturated heterocycles. The third-order valence-electron chi connectivity index (χ3n) is 3.85. The second-order valence-corrected chi connectivity index (χ2v) is 6.35. The van der Waals surface area contributed by atoms with Crippen molar-refractivity contribution in [3.05, 3.63) is 25.3 Å². The van der Waals surface area contributed by atoms with Crippen LogP contribution in [0, 0.1) is 11.8 Å². The predicted molar refractivity (Wildman–Crippen MR) is 89.5 cm³/mol. The zero-order valence-electron chi connectivity index (χ0n) is 13.5. The molecular formula is C19H36. The standard InChI is InChI=1S/C19H36/c1-5-7-9-11-13-15-19(17-18(3)4)16-14-12-10-8-6-2/h5-6,18-19H,1-2,7-17H2,3-4H3. The lowest BCUT2D eigenvalue weighted by molar-refractivity contribution is 0.341. The van der Waals surface area contributed by atoms with Crippen molar-refractivity contribution in [2.75, 3.05) is 0 Å². The predicted octanol–water partition coefficient (Wildman–Crippen LogP) is 6.92. The summed E-state index contributed by atoms with van der Waals surface area (Å²) in [5, 5.41) is 0. The monoisotopic (exact) mass is 264 g/mol.